The first-order valence-electron chi connectivity index (χ1n) is 3.50. The largest absolute Gasteiger partial charge is 0.332 e. The van der Waals surface area contributed by atoms with Crippen LogP contribution in [0, 0.1) is 0 Å². The van der Waals surface area contributed by atoms with Crippen LogP contribution >= 0.6 is 27.5 Å². The van der Waals surface area contributed by atoms with Crippen molar-refractivity contribution in [1.82, 2.24) is 9.97 Å². The highest BCUT2D eigenvalue weighted by molar-refractivity contribution is 9.10. The Morgan fingerprint density at radius 2 is 2.33 bits per heavy atom. The first-order valence-corrected chi connectivity index (χ1v) is 4.83. The van der Waals surface area contributed by atoms with Gasteiger partial charge in [-0.05, 0) is 27.6 Å². The van der Waals surface area contributed by atoms with Gasteiger partial charge in [-0.25, -0.2) is 4.98 Å². The van der Waals surface area contributed by atoms with Crippen LogP contribution in [0.15, 0.2) is 22.9 Å². The molecule has 0 aliphatic heterocycles. The van der Waals surface area contributed by atoms with Gasteiger partial charge in [-0.3, -0.25) is 0 Å². The van der Waals surface area contributed by atoms with E-state index in [0.717, 1.165) is 21.3 Å². The van der Waals surface area contributed by atoms with Gasteiger partial charge in [0.1, 0.15) is 0 Å². The number of hydrogen-bond acceptors (Lipinski definition) is 1. The fourth-order valence-corrected chi connectivity index (χ4v) is 1.78. The molecular weight excluding hydrogens is 239 g/mol. The minimum atomic E-state index is 0.495. The fraction of sp³-hybridized carbons (Fsp3) is 0.125. The minimum absolute atomic E-state index is 0.495. The van der Waals surface area contributed by atoms with Crippen molar-refractivity contribution in [2.75, 3.05) is 0 Å². The molecule has 0 saturated heterocycles. The van der Waals surface area contributed by atoms with E-state index in [1.807, 2.05) is 18.2 Å². The van der Waals surface area contributed by atoms with E-state index in [-0.39, 0.29) is 0 Å². The Kier molecular flexibility index (Phi) is 2.07. The number of nitrogens with one attached hydrogen (secondary N) is 1. The van der Waals surface area contributed by atoms with Crippen molar-refractivity contribution < 1.29 is 0 Å². The second kappa shape index (κ2) is 3.07. The predicted molar refractivity (Wildman–Crippen MR) is 53.4 cm³/mol. The summed E-state index contributed by atoms with van der Waals surface area (Å²) in [6.45, 7) is 0. The molecule has 0 amide bonds. The molecule has 4 heteroatoms. The molecule has 1 aromatic carbocycles. The molecule has 0 saturated carbocycles. The molecule has 62 valence electrons. The molecule has 1 aromatic heterocycles. The molecule has 0 bridgehead atoms. The number of nitrogens with zero attached hydrogens (tertiary/aromatic N) is 1. The Morgan fingerprint density at radius 1 is 1.50 bits per heavy atom. The van der Waals surface area contributed by atoms with Gasteiger partial charge in [-0.2, -0.15) is 0 Å². The molecular formula is C8H6BrClN2. The molecule has 2 nitrogen and oxygen atoms in total. The Balaban J connectivity index is 2.78. The van der Waals surface area contributed by atoms with Crippen LogP contribution in [0.25, 0.3) is 11.0 Å². The Hall–Kier alpha value is -0.540. The summed E-state index contributed by atoms with van der Waals surface area (Å²) in [5.74, 6) is 0.495. The lowest BCUT2D eigenvalue weighted by atomic mass is 10.2. The second-order valence-electron chi connectivity index (χ2n) is 2.47. The van der Waals surface area contributed by atoms with Crippen molar-refractivity contribution in [2.45, 2.75) is 5.88 Å². The van der Waals surface area contributed by atoms with Crippen LogP contribution in [0.1, 0.15) is 5.56 Å². The van der Waals surface area contributed by atoms with Gasteiger partial charge in [0, 0.05) is 5.88 Å². The summed E-state index contributed by atoms with van der Waals surface area (Å²) in [6, 6.07) is 5.91. The lowest BCUT2D eigenvalue weighted by molar-refractivity contribution is 1.26. The van der Waals surface area contributed by atoms with E-state index in [1.54, 1.807) is 0 Å². The van der Waals surface area contributed by atoms with E-state index in [9.17, 15) is 0 Å². The maximum atomic E-state index is 5.75. The monoisotopic (exact) mass is 244 g/mol. The van der Waals surface area contributed by atoms with E-state index in [0.29, 0.717) is 5.88 Å². The van der Waals surface area contributed by atoms with Crippen molar-refractivity contribution in [3.63, 3.8) is 0 Å². The van der Waals surface area contributed by atoms with Crippen molar-refractivity contribution in [3.05, 3.63) is 28.5 Å². The Labute approximate surface area is 83.1 Å². The second-order valence-corrected chi connectivity index (χ2v) is 3.49. The van der Waals surface area contributed by atoms with E-state index in [4.69, 9.17) is 11.6 Å². The summed E-state index contributed by atoms with van der Waals surface area (Å²) in [4.78, 5) is 7.34. The quantitative estimate of drug-likeness (QED) is 0.769. The molecule has 2 aromatic rings. The first kappa shape index (κ1) is 8.08. The third kappa shape index (κ3) is 1.23. The standard InChI is InChI=1S/C8H6BrClN2/c9-8-11-6-3-1-2-5(4-10)7(6)12-8/h1-3H,4H2,(H,11,12). The first-order chi connectivity index (χ1) is 5.81. The molecule has 0 aliphatic carbocycles. The highest BCUT2D eigenvalue weighted by Gasteiger charge is 2.03. The highest BCUT2D eigenvalue weighted by Crippen LogP contribution is 2.19. The summed E-state index contributed by atoms with van der Waals surface area (Å²) < 4.78 is 0.745. The zero-order valence-electron chi connectivity index (χ0n) is 6.14. The number of hydrogen-bond donors (Lipinski definition) is 1. The van der Waals surface area contributed by atoms with Crippen LogP contribution in [-0.4, -0.2) is 9.97 Å². The normalized spacial score (nSPS) is 10.8. The van der Waals surface area contributed by atoms with Gasteiger partial charge >= 0.3 is 0 Å². The van der Waals surface area contributed by atoms with Crippen molar-refractivity contribution >= 4 is 38.6 Å². The summed E-state index contributed by atoms with van der Waals surface area (Å²) in [5, 5.41) is 0. The van der Waals surface area contributed by atoms with Crippen LogP contribution in [-0.2, 0) is 5.88 Å². The lowest BCUT2D eigenvalue weighted by Gasteiger charge is -1.93. The van der Waals surface area contributed by atoms with E-state index < -0.39 is 0 Å². The van der Waals surface area contributed by atoms with E-state index in [1.165, 1.54) is 0 Å². The topological polar surface area (TPSA) is 28.7 Å². The molecule has 0 spiro atoms. The van der Waals surface area contributed by atoms with Crippen molar-refractivity contribution in [2.24, 2.45) is 0 Å². The molecule has 2 rings (SSSR count). The van der Waals surface area contributed by atoms with Crippen LogP contribution < -0.4 is 0 Å². The fourth-order valence-electron chi connectivity index (χ4n) is 1.17. The van der Waals surface area contributed by atoms with E-state index in [2.05, 4.69) is 25.9 Å². The zero-order chi connectivity index (χ0) is 8.55. The number of benzene rings is 1. The zero-order valence-corrected chi connectivity index (χ0v) is 8.48. The van der Waals surface area contributed by atoms with Crippen molar-refractivity contribution in [3.8, 4) is 0 Å². The number of fused-ring (bicyclic) bond motifs is 1. The molecule has 1 N–H and O–H groups in total. The minimum Gasteiger partial charge on any atom is -0.332 e. The lowest BCUT2D eigenvalue weighted by Crippen LogP contribution is -1.79. The predicted octanol–water partition coefficient (Wildman–Crippen LogP) is 3.06. The Bertz CT molecular complexity index is 410. The van der Waals surface area contributed by atoms with Gasteiger partial charge in [0.25, 0.3) is 0 Å². The smallest absolute Gasteiger partial charge is 0.175 e. The molecule has 12 heavy (non-hydrogen) atoms. The third-order valence-electron chi connectivity index (χ3n) is 1.71. The highest BCUT2D eigenvalue weighted by atomic mass is 79.9. The number of halogens is 2. The molecule has 0 fully saturated rings. The number of rotatable bonds is 1. The summed E-state index contributed by atoms with van der Waals surface area (Å²) in [5.41, 5.74) is 3.01. The van der Waals surface area contributed by atoms with Crippen LogP contribution in [0.5, 0.6) is 0 Å². The number of aromatic nitrogens is 2. The average Bonchev–Trinajstić information content (AvgIpc) is 2.44. The number of H-pyrrole nitrogens is 1. The Morgan fingerprint density at radius 3 is 3.08 bits per heavy atom. The summed E-state index contributed by atoms with van der Waals surface area (Å²) in [7, 11) is 0. The van der Waals surface area contributed by atoms with Crippen LogP contribution in [0.4, 0.5) is 0 Å². The summed E-state index contributed by atoms with van der Waals surface area (Å²) >= 11 is 9.02. The summed E-state index contributed by atoms with van der Waals surface area (Å²) in [6.07, 6.45) is 0. The number of para-hydroxylation sites is 1. The van der Waals surface area contributed by atoms with Gasteiger partial charge in [-0.1, -0.05) is 12.1 Å². The molecule has 0 atom stereocenters. The number of alkyl halides is 1. The maximum absolute atomic E-state index is 5.75. The van der Waals surface area contributed by atoms with Gasteiger partial charge in [-0.15, -0.1) is 11.6 Å². The molecule has 1 heterocycles. The van der Waals surface area contributed by atoms with Gasteiger partial charge in [0.2, 0.25) is 0 Å². The molecule has 0 aliphatic rings. The number of imidazole rings is 1. The van der Waals surface area contributed by atoms with Gasteiger partial charge in [0.05, 0.1) is 11.0 Å². The molecule has 0 unspecified atom stereocenters. The SMILES string of the molecule is ClCc1cccc2[nH]c(Br)nc12. The maximum Gasteiger partial charge on any atom is 0.175 e. The van der Waals surface area contributed by atoms with Crippen LogP contribution in [0.2, 0.25) is 0 Å². The van der Waals surface area contributed by atoms with Crippen LogP contribution in [0.3, 0.4) is 0 Å². The molecule has 0 radical (unpaired) electrons. The van der Waals surface area contributed by atoms with Gasteiger partial charge in [0.15, 0.2) is 4.73 Å². The van der Waals surface area contributed by atoms with E-state index >= 15 is 0 Å². The number of aromatic amines is 1. The van der Waals surface area contributed by atoms with Crippen molar-refractivity contribution in [1.29, 1.82) is 0 Å². The third-order valence-corrected chi connectivity index (χ3v) is 2.37. The average molecular weight is 246 g/mol. The van der Waals surface area contributed by atoms with Gasteiger partial charge < -0.3 is 4.98 Å².